The van der Waals surface area contributed by atoms with Gasteiger partial charge in [-0.3, -0.25) is 4.31 Å². The molecule has 0 saturated carbocycles. The molecule has 3 N–H and O–H groups in total. The Morgan fingerprint density at radius 3 is 2.33 bits per heavy atom. The van der Waals surface area contributed by atoms with Crippen LogP contribution in [0, 0.1) is 0 Å². The van der Waals surface area contributed by atoms with E-state index < -0.39 is 10.0 Å². The number of nitrogens with zero attached hydrogens (tertiary/aromatic N) is 2. The molecular formula is C14H18N4O2S. The number of aryl methyl sites for hydroxylation is 1. The highest BCUT2D eigenvalue weighted by Gasteiger charge is 2.21. The summed E-state index contributed by atoms with van der Waals surface area (Å²) < 4.78 is 26.3. The third-order valence-corrected chi connectivity index (χ3v) is 5.02. The highest BCUT2D eigenvalue weighted by molar-refractivity contribution is 7.92. The number of anilines is 2. The van der Waals surface area contributed by atoms with Crippen LogP contribution in [0.3, 0.4) is 0 Å². The second kappa shape index (κ2) is 6.11. The first-order chi connectivity index (χ1) is 9.98. The van der Waals surface area contributed by atoms with Gasteiger partial charge in [0.2, 0.25) is 0 Å². The minimum atomic E-state index is -3.63. The van der Waals surface area contributed by atoms with Gasteiger partial charge in [0, 0.05) is 13.2 Å². The molecule has 0 unspecified atom stereocenters. The largest absolute Gasteiger partial charge is 0.308 e. The van der Waals surface area contributed by atoms with Crippen molar-refractivity contribution < 1.29 is 8.42 Å². The molecule has 6 nitrogen and oxygen atoms in total. The fourth-order valence-electron chi connectivity index (χ4n) is 1.86. The molecule has 0 radical (unpaired) electrons. The lowest BCUT2D eigenvalue weighted by atomic mass is 10.1. The van der Waals surface area contributed by atoms with Gasteiger partial charge in [-0.25, -0.2) is 19.2 Å². The molecule has 0 aliphatic heterocycles. The molecule has 0 amide bonds. The van der Waals surface area contributed by atoms with Crippen molar-refractivity contribution in [3.63, 3.8) is 0 Å². The van der Waals surface area contributed by atoms with E-state index in [9.17, 15) is 8.42 Å². The van der Waals surface area contributed by atoms with Crippen molar-refractivity contribution >= 4 is 21.5 Å². The van der Waals surface area contributed by atoms with Crippen molar-refractivity contribution in [2.24, 2.45) is 5.84 Å². The third-order valence-electron chi connectivity index (χ3n) is 3.25. The van der Waals surface area contributed by atoms with E-state index in [1.54, 1.807) is 12.1 Å². The Labute approximate surface area is 124 Å². The molecule has 21 heavy (non-hydrogen) atoms. The van der Waals surface area contributed by atoms with Gasteiger partial charge in [0.05, 0.1) is 5.69 Å². The van der Waals surface area contributed by atoms with Gasteiger partial charge in [0.1, 0.15) is 10.7 Å². The molecule has 2 aromatic rings. The first-order valence-electron chi connectivity index (χ1n) is 6.49. The Morgan fingerprint density at radius 1 is 1.19 bits per heavy atom. The Bertz CT molecular complexity index is 697. The summed E-state index contributed by atoms with van der Waals surface area (Å²) >= 11 is 0. The van der Waals surface area contributed by atoms with E-state index in [0.717, 1.165) is 12.0 Å². The summed E-state index contributed by atoms with van der Waals surface area (Å²) in [4.78, 5) is 4.04. The van der Waals surface area contributed by atoms with Gasteiger partial charge in [-0.1, -0.05) is 19.1 Å². The van der Waals surface area contributed by atoms with Crippen LogP contribution in [-0.2, 0) is 16.4 Å². The number of hydrogen-bond acceptors (Lipinski definition) is 5. The van der Waals surface area contributed by atoms with Crippen molar-refractivity contribution in [3.8, 4) is 0 Å². The molecule has 0 aliphatic carbocycles. The van der Waals surface area contributed by atoms with Crippen molar-refractivity contribution in [2.75, 3.05) is 16.8 Å². The molecular weight excluding hydrogens is 288 g/mol. The Kier molecular flexibility index (Phi) is 4.44. The summed E-state index contributed by atoms with van der Waals surface area (Å²) in [7, 11) is -2.12. The molecule has 112 valence electrons. The zero-order valence-corrected chi connectivity index (χ0v) is 12.8. The van der Waals surface area contributed by atoms with E-state index in [0.29, 0.717) is 11.5 Å². The van der Waals surface area contributed by atoms with Gasteiger partial charge >= 0.3 is 0 Å². The predicted octanol–water partition coefficient (Wildman–Crippen LogP) is 1.75. The number of benzene rings is 1. The predicted molar refractivity (Wildman–Crippen MR) is 83.5 cm³/mol. The lowest BCUT2D eigenvalue weighted by Gasteiger charge is -2.19. The number of nitrogen functional groups attached to an aromatic ring is 1. The number of nitrogens with one attached hydrogen (secondary N) is 1. The van der Waals surface area contributed by atoms with Crippen LogP contribution in [0.5, 0.6) is 0 Å². The van der Waals surface area contributed by atoms with Crippen LogP contribution in [0.25, 0.3) is 0 Å². The molecule has 0 saturated heterocycles. The van der Waals surface area contributed by atoms with E-state index in [1.165, 1.54) is 29.7 Å². The molecule has 1 heterocycles. The molecule has 1 aromatic heterocycles. The molecule has 0 fully saturated rings. The molecule has 2 rings (SSSR count). The summed E-state index contributed by atoms with van der Waals surface area (Å²) in [5.74, 6) is 5.62. The van der Waals surface area contributed by atoms with Crippen molar-refractivity contribution in [1.29, 1.82) is 0 Å². The maximum absolute atomic E-state index is 12.5. The number of pyridine rings is 1. The number of hydrazine groups is 1. The van der Waals surface area contributed by atoms with Gasteiger partial charge in [-0.15, -0.1) is 0 Å². The summed E-state index contributed by atoms with van der Waals surface area (Å²) in [6.07, 6.45) is 2.19. The molecule has 0 aliphatic rings. The van der Waals surface area contributed by atoms with Crippen LogP contribution >= 0.6 is 0 Å². The standard InChI is InChI=1S/C14H18N4O2S/c1-3-11-4-6-12(7-5-11)18(2)21(19,20)13-8-9-14(17-15)16-10-13/h4-10H,3,15H2,1-2H3,(H,16,17). The Hall–Kier alpha value is -2.12. The highest BCUT2D eigenvalue weighted by Crippen LogP contribution is 2.22. The monoisotopic (exact) mass is 306 g/mol. The fourth-order valence-corrected chi connectivity index (χ4v) is 3.00. The van der Waals surface area contributed by atoms with Crippen LogP contribution < -0.4 is 15.6 Å². The number of sulfonamides is 1. The number of rotatable bonds is 5. The maximum Gasteiger partial charge on any atom is 0.265 e. The average molecular weight is 306 g/mol. The zero-order valence-electron chi connectivity index (χ0n) is 11.9. The van der Waals surface area contributed by atoms with Gasteiger partial charge in [-0.05, 0) is 36.2 Å². The topological polar surface area (TPSA) is 88.3 Å². The summed E-state index contributed by atoms with van der Waals surface area (Å²) in [6, 6.07) is 10.4. The van der Waals surface area contributed by atoms with Crippen molar-refractivity contribution in [3.05, 3.63) is 48.2 Å². The quantitative estimate of drug-likeness (QED) is 0.649. The summed E-state index contributed by atoms with van der Waals surface area (Å²) in [6.45, 7) is 2.05. The Morgan fingerprint density at radius 2 is 1.86 bits per heavy atom. The van der Waals surface area contributed by atoms with Crippen LogP contribution in [0.4, 0.5) is 11.5 Å². The van der Waals surface area contributed by atoms with Gasteiger partial charge < -0.3 is 5.43 Å². The number of nitrogens with two attached hydrogens (primary N) is 1. The van der Waals surface area contributed by atoms with Crippen LogP contribution in [-0.4, -0.2) is 20.4 Å². The van der Waals surface area contributed by atoms with Gasteiger partial charge in [-0.2, -0.15) is 0 Å². The number of hydrogen-bond donors (Lipinski definition) is 2. The average Bonchev–Trinajstić information content (AvgIpc) is 2.54. The lowest BCUT2D eigenvalue weighted by molar-refractivity contribution is 0.594. The molecule has 0 atom stereocenters. The first-order valence-corrected chi connectivity index (χ1v) is 7.93. The van der Waals surface area contributed by atoms with Crippen molar-refractivity contribution in [2.45, 2.75) is 18.2 Å². The maximum atomic E-state index is 12.5. The summed E-state index contributed by atoms with van der Waals surface area (Å²) in [5, 5.41) is 0. The summed E-state index contributed by atoms with van der Waals surface area (Å²) in [5.41, 5.74) is 4.12. The minimum Gasteiger partial charge on any atom is -0.308 e. The van der Waals surface area contributed by atoms with Crippen molar-refractivity contribution in [1.82, 2.24) is 4.98 Å². The zero-order chi connectivity index (χ0) is 15.5. The minimum absolute atomic E-state index is 0.114. The number of aromatic nitrogens is 1. The van der Waals surface area contributed by atoms with E-state index in [4.69, 9.17) is 5.84 Å². The van der Waals surface area contributed by atoms with E-state index >= 15 is 0 Å². The van der Waals surface area contributed by atoms with Crippen LogP contribution in [0.2, 0.25) is 0 Å². The second-order valence-electron chi connectivity index (χ2n) is 4.52. The van der Waals surface area contributed by atoms with E-state index in [-0.39, 0.29) is 4.90 Å². The fraction of sp³-hybridized carbons (Fsp3) is 0.214. The van der Waals surface area contributed by atoms with E-state index in [1.807, 2.05) is 19.1 Å². The van der Waals surface area contributed by atoms with Gasteiger partial charge in [0.15, 0.2) is 0 Å². The van der Waals surface area contributed by atoms with E-state index in [2.05, 4.69) is 10.4 Å². The lowest BCUT2D eigenvalue weighted by Crippen LogP contribution is -2.26. The van der Waals surface area contributed by atoms with Crippen LogP contribution in [0.15, 0.2) is 47.5 Å². The molecule has 7 heteroatoms. The second-order valence-corrected chi connectivity index (χ2v) is 6.49. The van der Waals surface area contributed by atoms with Gasteiger partial charge in [0.25, 0.3) is 10.0 Å². The van der Waals surface area contributed by atoms with Crippen LogP contribution in [0.1, 0.15) is 12.5 Å². The molecule has 0 bridgehead atoms. The smallest absolute Gasteiger partial charge is 0.265 e. The molecule has 1 aromatic carbocycles. The Balaban J connectivity index is 2.32. The first kappa shape index (κ1) is 15.3. The molecule has 0 spiro atoms. The third kappa shape index (κ3) is 3.14. The highest BCUT2D eigenvalue weighted by atomic mass is 32.2. The normalized spacial score (nSPS) is 11.2. The SMILES string of the molecule is CCc1ccc(N(C)S(=O)(=O)c2ccc(NN)nc2)cc1.